The highest BCUT2D eigenvalue weighted by Gasteiger charge is 2.18. The molecular formula is C23H23N5OS. The second kappa shape index (κ2) is 7.91. The Morgan fingerprint density at radius 3 is 2.73 bits per heavy atom. The Morgan fingerprint density at radius 1 is 1.13 bits per heavy atom. The number of benzene rings is 1. The smallest absolute Gasteiger partial charge is 0.261 e. The fourth-order valence-electron chi connectivity index (χ4n) is 3.86. The van der Waals surface area contributed by atoms with Crippen molar-refractivity contribution in [2.24, 2.45) is 0 Å². The number of pyridine rings is 1. The summed E-state index contributed by atoms with van der Waals surface area (Å²) in [6, 6.07) is 16.0. The van der Waals surface area contributed by atoms with Crippen LogP contribution in [0.5, 0.6) is 0 Å². The number of thiophene rings is 1. The molecule has 3 aromatic heterocycles. The molecule has 1 aliphatic heterocycles. The predicted octanol–water partition coefficient (Wildman–Crippen LogP) is 4.32. The summed E-state index contributed by atoms with van der Waals surface area (Å²) >= 11 is 1.47. The summed E-state index contributed by atoms with van der Waals surface area (Å²) in [5, 5.41) is 8.73. The number of carbonyl (C=O) groups is 1. The molecule has 1 aromatic carbocycles. The number of rotatable bonds is 5. The molecule has 5 rings (SSSR count). The molecule has 0 atom stereocenters. The van der Waals surface area contributed by atoms with E-state index in [0.29, 0.717) is 11.4 Å². The van der Waals surface area contributed by atoms with Crippen molar-refractivity contribution >= 4 is 33.3 Å². The fraction of sp³-hybridized carbons (Fsp3) is 0.261. The van der Waals surface area contributed by atoms with Gasteiger partial charge in [0.25, 0.3) is 5.91 Å². The first kappa shape index (κ1) is 18.8. The highest BCUT2D eigenvalue weighted by atomic mass is 32.1. The van der Waals surface area contributed by atoms with E-state index in [-0.39, 0.29) is 5.91 Å². The van der Waals surface area contributed by atoms with Gasteiger partial charge in [-0.05, 0) is 55.7 Å². The normalized spacial score (nSPS) is 13.8. The van der Waals surface area contributed by atoms with E-state index in [0.717, 1.165) is 46.1 Å². The number of aromatic nitrogens is 3. The Kier molecular flexibility index (Phi) is 4.96. The van der Waals surface area contributed by atoms with Crippen molar-refractivity contribution in [2.45, 2.75) is 26.3 Å². The molecule has 1 amide bonds. The van der Waals surface area contributed by atoms with Gasteiger partial charge in [0.2, 0.25) is 0 Å². The van der Waals surface area contributed by atoms with Crippen LogP contribution in [0.2, 0.25) is 0 Å². The van der Waals surface area contributed by atoms with Crippen molar-refractivity contribution in [1.29, 1.82) is 0 Å². The molecule has 152 valence electrons. The van der Waals surface area contributed by atoms with E-state index in [1.807, 2.05) is 60.3 Å². The number of anilines is 1. The van der Waals surface area contributed by atoms with Crippen LogP contribution in [-0.4, -0.2) is 33.8 Å². The molecule has 0 saturated carbocycles. The van der Waals surface area contributed by atoms with Crippen molar-refractivity contribution < 1.29 is 4.79 Å². The molecule has 30 heavy (non-hydrogen) atoms. The summed E-state index contributed by atoms with van der Waals surface area (Å²) in [7, 11) is 0. The van der Waals surface area contributed by atoms with Crippen LogP contribution in [-0.2, 0) is 6.54 Å². The summed E-state index contributed by atoms with van der Waals surface area (Å²) in [5.41, 5.74) is 2.98. The lowest BCUT2D eigenvalue weighted by molar-refractivity contribution is 0.0955. The van der Waals surface area contributed by atoms with E-state index in [2.05, 4.69) is 26.4 Å². The summed E-state index contributed by atoms with van der Waals surface area (Å²) < 4.78 is 1.91. The Hall–Kier alpha value is -3.19. The first-order valence-electron chi connectivity index (χ1n) is 10.2. The highest BCUT2D eigenvalue weighted by molar-refractivity contribution is 7.20. The van der Waals surface area contributed by atoms with Gasteiger partial charge in [0.15, 0.2) is 0 Å². The number of nitrogens with one attached hydrogen (secondary N) is 1. The summed E-state index contributed by atoms with van der Waals surface area (Å²) in [4.78, 5) is 21.3. The second-order valence-electron chi connectivity index (χ2n) is 7.56. The summed E-state index contributed by atoms with van der Waals surface area (Å²) in [6.07, 6.45) is 4.26. The minimum absolute atomic E-state index is 0.0604. The van der Waals surface area contributed by atoms with Crippen molar-refractivity contribution in [1.82, 2.24) is 20.1 Å². The van der Waals surface area contributed by atoms with E-state index in [9.17, 15) is 4.79 Å². The average Bonchev–Trinajstić information content (AvgIpc) is 3.52. The summed E-state index contributed by atoms with van der Waals surface area (Å²) in [5.74, 6) is 0.939. The minimum Gasteiger partial charge on any atom is -0.357 e. The number of amides is 1. The van der Waals surface area contributed by atoms with Gasteiger partial charge in [-0.3, -0.25) is 4.79 Å². The van der Waals surface area contributed by atoms with E-state index in [1.54, 1.807) is 0 Å². The highest BCUT2D eigenvalue weighted by Crippen LogP contribution is 2.30. The van der Waals surface area contributed by atoms with Crippen LogP contribution in [0.15, 0.2) is 54.7 Å². The van der Waals surface area contributed by atoms with Gasteiger partial charge in [0.05, 0.1) is 16.3 Å². The van der Waals surface area contributed by atoms with Crippen LogP contribution in [0.25, 0.3) is 15.9 Å². The lowest BCUT2D eigenvalue weighted by Gasteiger charge is -2.16. The zero-order valence-corrected chi connectivity index (χ0v) is 17.7. The number of fused-ring (bicyclic) bond motifs is 1. The van der Waals surface area contributed by atoms with Crippen LogP contribution < -0.4 is 10.2 Å². The topological polar surface area (TPSA) is 63.1 Å². The molecule has 1 fully saturated rings. The van der Waals surface area contributed by atoms with Gasteiger partial charge < -0.3 is 10.2 Å². The predicted molar refractivity (Wildman–Crippen MR) is 121 cm³/mol. The van der Waals surface area contributed by atoms with Gasteiger partial charge >= 0.3 is 0 Å². The van der Waals surface area contributed by atoms with Gasteiger partial charge in [-0.15, -0.1) is 11.3 Å². The Morgan fingerprint density at radius 2 is 1.93 bits per heavy atom. The Labute approximate surface area is 179 Å². The zero-order chi connectivity index (χ0) is 20.5. The Bertz CT molecular complexity index is 1190. The second-order valence-corrected chi connectivity index (χ2v) is 8.59. The largest absolute Gasteiger partial charge is 0.357 e. The molecular weight excluding hydrogens is 394 g/mol. The van der Waals surface area contributed by atoms with E-state index < -0.39 is 0 Å². The first-order valence-corrected chi connectivity index (χ1v) is 11.0. The molecule has 1 N–H and O–H groups in total. The van der Waals surface area contributed by atoms with Gasteiger partial charge in [0.1, 0.15) is 10.6 Å². The number of nitrogens with zero attached hydrogens (tertiary/aromatic N) is 4. The van der Waals surface area contributed by atoms with Crippen molar-refractivity contribution in [2.75, 3.05) is 18.0 Å². The van der Waals surface area contributed by atoms with Gasteiger partial charge in [0, 0.05) is 31.2 Å². The van der Waals surface area contributed by atoms with Crippen LogP contribution in [0.1, 0.15) is 33.8 Å². The quantitative estimate of drug-likeness (QED) is 0.525. The molecule has 4 heterocycles. The number of hydrogen-bond donors (Lipinski definition) is 1. The minimum atomic E-state index is -0.0604. The maximum Gasteiger partial charge on any atom is 0.261 e. The molecule has 4 aromatic rings. The van der Waals surface area contributed by atoms with E-state index in [4.69, 9.17) is 0 Å². The average molecular weight is 418 g/mol. The lowest BCUT2D eigenvalue weighted by Crippen LogP contribution is -2.23. The third-order valence-electron chi connectivity index (χ3n) is 5.46. The van der Waals surface area contributed by atoms with Crippen LogP contribution in [0.3, 0.4) is 0 Å². The van der Waals surface area contributed by atoms with Crippen LogP contribution in [0.4, 0.5) is 5.82 Å². The van der Waals surface area contributed by atoms with E-state index in [1.165, 1.54) is 24.2 Å². The fourth-order valence-corrected chi connectivity index (χ4v) is 4.96. The SMILES string of the molecule is Cc1nn(-c2ccccc2)c2sc(C(=O)NCc3ccnc(N4CCCC4)c3)cc12. The maximum absolute atomic E-state index is 12.8. The third kappa shape index (κ3) is 3.57. The molecule has 0 bridgehead atoms. The number of aryl methyl sites for hydroxylation is 1. The van der Waals surface area contributed by atoms with Crippen molar-refractivity contribution in [3.05, 3.63) is 70.9 Å². The maximum atomic E-state index is 12.8. The van der Waals surface area contributed by atoms with Gasteiger partial charge in [-0.1, -0.05) is 18.2 Å². The molecule has 0 spiro atoms. The molecule has 6 nitrogen and oxygen atoms in total. The molecule has 0 unspecified atom stereocenters. The van der Waals surface area contributed by atoms with Crippen LogP contribution in [0, 0.1) is 6.92 Å². The van der Waals surface area contributed by atoms with Crippen molar-refractivity contribution in [3.63, 3.8) is 0 Å². The molecule has 1 saturated heterocycles. The first-order chi connectivity index (χ1) is 14.7. The number of carbonyl (C=O) groups excluding carboxylic acids is 1. The zero-order valence-electron chi connectivity index (χ0n) is 16.8. The molecule has 7 heteroatoms. The molecule has 0 radical (unpaired) electrons. The van der Waals surface area contributed by atoms with Crippen molar-refractivity contribution in [3.8, 4) is 5.69 Å². The lowest BCUT2D eigenvalue weighted by atomic mass is 10.2. The van der Waals surface area contributed by atoms with Crippen LogP contribution >= 0.6 is 11.3 Å². The monoisotopic (exact) mass is 417 g/mol. The van der Waals surface area contributed by atoms with Gasteiger partial charge in [-0.2, -0.15) is 5.10 Å². The summed E-state index contributed by atoms with van der Waals surface area (Å²) in [6.45, 7) is 4.58. The molecule has 1 aliphatic rings. The van der Waals surface area contributed by atoms with Gasteiger partial charge in [-0.25, -0.2) is 9.67 Å². The number of para-hydroxylation sites is 1. The standard InChI is InChI=1S/C23H23N5OS/c1-16-19-14-20(30-23(19)28(26-16)18-7-3-2-4-8-18)22(29)25-15-17-9-10-24-21(13-17)27-11-5-6-12-27/h2-4,7-10,13-14H,5-6,11-12,15H2,1H3,(H,25,29). The Balaban J connectivity index is 1.34. The third-order valence-corrected chi connectivity index (χ3v) is 6.57. The number of hydrogen-bond acceptors (Lipinski definition) is 5. The molecule has 0 aliphatic carbocycles. The van der Waals surface area contributed by atoms with E-state index >= 15 is 0 Å².